The minimum absolute atomic E-state index is 0.0598. The fourth-order valence-electron chi connectivity index (χ4n) is 3.24. The number of carbonyl (C=O) groups is 1. The molecule has 1 N–H and O–H groups in total. The van der Waals surface area contributed by atoms with Crippen molar-refractivity contribution in [3.05, 3.63) is 76.5 Å². The summed E-state index contributed by atoms with van der Waals surface area (Å²) in [4.78, 5) is 34.2. The van der Waals surface area contributed by atoms with Gasteiger partial charge in [0, 0.05) is 12.7 Å². The third-order valence-electron chi connectivity index (χ3n) is 4.79. The highest BCUT2D eigenvalue weighted by atomic mass is 32.1. The molecule has 0 saturated heterocycles. The average molecular weight is 420 g/mol. The van der Waals surface area contributed by atoms with Gasteiger partial charge in [0.05, 0.1) is 5.69 Å². The highest BCUT2D eigenvalue weighted by molar-refractivity contribution is 7.13. The van der Waals surface area contributed by atoms with Crippen molar-refractivity contribution in [2.75, 3.05) is 6.54 Å². The number of nitrogens with zero attached hydrogens (tertiary/aromatic N) is 4. The van der Waals surface area contributed by atoms with Gasteiger partial charge in [-0.1, -0.05) is 36.4 Å². The van der Waals surface area contributed by atoms with Crippen molar-refractivity contribution in [2.45, 2.75) is 26.3 Å². The van der Waals surface area contributed by atoms with Crippen molar-refractivity contribution < 1.29 is 4.79 Å². The van der Waals surface area contributed by atoms with Crippen LogP contribution in [0.1, 0.15) is 17.8 Å². The summed E-state index contributed by atoms with van der Waals surface area (Å²) in [7, 11) is 0. The summed E-state index contributed by atoms with van der Waals surface area (Å²) >= 11 is 1.09. The zero-order valence-electron chi connectivity index (χ0n) is 16.5. The zero-order valence-corrected chi connectivity index (χ0v) is 17.4. The molecule has 8 heteroatoms. The molecule has 0 aliphatic rings. The molecule has 4 aromatic rings. The number of hydrogen-bond donors (Lipinski definition) is 1. The van der Waals surface area contributed by atoms with Crippen molar-refractivity contribution in [2.24, 2.45) is 0 Å². The van der Waals surface area contributed by atoms with E-state index in [2.05, 4.69) is 31.8 Å². The lowest BCUT2D eigenvalue weighted by molar-refractivity contribution is -0.121. The van der Waals surface area contributed by atoms with Crippen molar-refractivity contribution in [1.29, 1.82) is 0 Å². The van der Waals surface area contributed by atoms with Crippen molar-refractivity contribution in [3.63, 3.8) is 0 Å². The highest BCUT2D eigenvalue weighted by Gasteiger charge is 2.18. The molecular weight excluding hydrogens is 398 g/mol. The second-order valence-electron chi connectivity index (χ2n) is 6.91. The average Bonchev–Trinajstić information content (AvgIpc) is 3.19. The van der Waals surface area contributed by atoms with Crippen LogP contribution in [0.25, 0.3) is 21.6 Å². The van der Waals surface area contributed by atoms with Crippen LogP contribution in [-0.2, 0) is 17.8 Å². The SMILES string of the molecule is Cc1nc2c(-c3ccccn3)nsc2c(=O)n1CC(=O)NCCCc1ccccc1. The van der Waals surface area contributed by atoms with Gasteiger partial charge >= 0.3 is 0 Å². The van der Waals surface area contributed by atoms with Gasteiger partial charge in [-0.3, -0.25) is 19.1 Å². The van der Waals surface area contributed by atoms with E-state index in [0.717, 1.165) is 24.4 Å². The van der Waals surface area contributed by atoms with Crippen LogP contribution in [0.15, 0.2) is 59.5 Å². The first-order valence-electron chi connectivity index (χ1n) is 9.72. The van der Waals surface area contributed by atoms with Crippen LogP contribution in [0.2, 0.25) is 0 Å². The second-order valence-corrected chi connectivity index (χ2v) is 7.69. The molecule has 3 aromatic heterocycles. The standard InChI is InChI=1S/C22H21N5O2S/c1-15-25-20-19(17-11-5-6-12-23-17)26-30-21(20)22(29)27(15)14-18(28)24-13-7-10-16-8-3-2-4-9-16/h2-6,8-9,11-12H,7,10,13-14H2,1H3,(H,24,28). The molecule has 1 aromatic carbocycles. The van der Waals surface area contributed by atoms with Gasteiger partial charge in [0.15, 0.2) is 0 Å². The summed E-state index contributed by atoms with van der Waals surface area (Å²) in [5.41, 5.74) is 2.77. The summed E-state index contributed by atoms with van der Waals surface area (Å²) in [5, 5.41) is 2.89. The molecule has 0 aliphatic heterocycles. The molecule has 0 fully saturated rings. The van der Waals surface area contributed by atoms with Gasteiger partial charge in [0.1, 0.15) is 28.3 Å². The van der Waals surface area contributed by atoms with Crippen LogP contribution in [0.3, 0.4) is 0 Å². The van der Waals surface area contributed by atoms with E-state index in [9.17, 15) is 9.59 Å². The van der Waals surface area contributed by atoms with Crippen molar-refractivity contribution in [1.82, 2.24) is 24.2 Å². The van der Waals surface area contributed by atoms with E-state index < -0.39 is 0 Å². The summed E-state index contributed by atoms with van der Waals surface area (Å²) in [6, 6.07) is 15.7. The molecule has 0 saturated carbocycles. The maximum Gasteiger partial charge on any atom is 0.273 e. The Bertz CT molecular complexity index is 1220. The molecule has 0 atom stereocenters. The predicted molar refractivity (Wildman–Crippen MR) is 117 cm³/mol. The molecule has 1 amide bonds. The third-order valence-corrected chi connectivity index (χ3v) is 5.61. The molecule has 0 unspecified atom stereocenters. The molecule has 4 rings (SSSR count). The molecule has 7 nitrogen and oxygen atoms in total. The third kappa shape index (κ3) is 4.28. The van der Waals surface area contributed by atoms with E-state index in [1.807, 2.05) is 36.4 Å². The van der Waals surface area contributed by atoms with Gasteiger partial charge in [-0.15, -0.1) is 0 Å². The smallest absolute Gasteiger partial charge is 0.273 e. The predicted octanol–water partition coefficient (Wildman–Crippen LogP) is 2.97. The molecule has 0 bridgehead atoms. The molecule has 0 aliphatic carbocycles. The first kappa shape index (κ1) is 19.9. The summed E-state index contributed by atoms with van der Waals surface area (Å²) in [6.07, 6.45) is 3.41. The van der Waals surface area contributed by atoms with E-state index in [-0.39, 0.29) is 18.0 Å². The molecule has 0 radical (unpaired) electrons. The van der Waals surface area contributed by atoms with E-state index in [0.29, 0.717) is 34.0 Å². The Balaban J connectivity index is 1.45. The molecule has 30 heavy (non-hydrogen) atoms. The second kappa shape index (κ2) is 8.96. The Kier molecular flexibility index (Phi) is 5.94. The molecular formula is C22H21N5O2S. The Morgan fingerprint density at radius 1 is 1.13 bits per heavy atom. The number of hydrogen-bond acceptors (Lipinski definition) is 6. The van der Waals surface area contributed by atoms with Gasteiger partial charge in [0.2, 0.25) is 5.91 Å². The van der Waals surface area contributed by atoms with Crippen LogP contribution in [-0.4, -0.2) is 31.4 Å². The van der Waals surface area contributed by atoms with Crippen LogP contribution < -0.4 is 10.9 Å². The van der Waals surface area contributed by atoms with Crippen molar-refractivity contribution >= 4 is 27.7 Å². The van der Waals surface area contributed by atoms with Crippen LogP contribution in [0.4, 0.5) is 0 Å². The minimum atomic E-state index is -0.253. The number of benzene rings is 1. The van der Waals surface area contributed by atoms with Crippen LogP contribution in [0, 0.1) is 6.92 Å². The zero-order chi connectivity index (χ0) is 20.9. The fraction of sp³-hybridized carbons (Fsp3) is 0.227. The monoisotopic (exact) mass is 419 g/mol. The van der Waals surface area contributed by atoms with Crippen molar-refractivity contribution in [3.8, 4) is 11.4 Å². The van der Waals surface area contributed by atoms with E-state index in [1.54, 1.807) is 13.1 Å². The Morgan fingerprint density at radius 3 is 2.70 bits per heavy atom. The van der Waals surface area contributed by atoms with E-state index >= 15 is 0 Å². The number of aryl methyl sites for hydroxylation is 2. The lowest BCUT2D eigenvalue weighted by atomic mass is 10.1. The van der Waals surface area contributed by atoms with Crippen LogP contribution >= 0.6 is 11.5 Å². The number of pyridine rings is 1. The lowest BCUT2D eigenvalue weighted by Crippen LogP contribution is -2.34. The maximum absolute atomic E-state index is 12.9. The molecule has 0 spiro atoms. The largest absolute Gasteiger partial charge is 0.355 e. The summed E-state index contributed by atoms with van der Waals surface area (Å²) in [5.74, 6) is 0.271. The van der Waals surface area contributed by atoms with E-state index in [4.69, 9.17) is 0 Å². The topological polar surface area (TPSA) is 89.8 Å². The maximum atomic E-state index is 12.9. The first-order chi connectivity index (χ1) is 14.6. The molecule has 152 valence electrons. The van der Waals surface area contributed by atoms with Gasteiger partial charge in [-0.25, -0.2) is 4.98 Å². The highest BCUT2D eigenvalue weighted by Crippen LogP contribution is 2.26. The number of nitrogens with one attached hydrogen (secondary N) is 1. The van der Waals surface area contributed by atoms with Gasteiger partial charge < -0.3 is 5.32 Å². The Morgan fingerprint density at radius 2 is 1.93 bits per heavy atom. The normalized spacial score (nSPS) is 11.0. The summed E-state index contributed by atoms with van der Waals surface area (Å²) in [6.45, 7) is 2.22. The number of fused-ring (bicyclic) bond motifs is 1. The number of aromatic nitrogens is 4. The summed E-state index contributed by atoms with van der Waals surface area (Å²) < 4.78 is 6.21. The quantitative estimate of drug-likeness (QED) is 0.465. The van der Waals surface area contributed by atoms with Gasteiger partial charge in [0.25, 0.3) is 5.56 Å². The number of carbonyl (C=O) groups excluding carboxylic acids is 1. The number of amides is 1. The lowest BCUT2D eigenvalue weighted by Gasteiger charge is -2.10. The fourth-order valence-corrected chi connectivity index (χ4v) is 4.02. The Labute approximate surface area is 177 Å². The minimum Gasteiger partial charge on any atom is -0.355 e. The first-order valence-corrected chi connectivity index (χ1v) is 10.5. The van der Waals surface area contributed by atoms with Gasteiger partial charge in [-0.2, -0.15) is 4.37 Å². The molecule has 3 heterocycles. The van der Waals surface area contributed by atoms with E-state index in [1.165, 1.54) is 10.1 Å². The van der Waals surface area contributed by atoms with Crippen LogP contribution in [0.5, 0.6) is 0 Å². The number of rotatable bonds is 7. The van der Waals surface area contributed by atoms with Gasteiger partial charge in [-0.05, 0) is 49.0 Å². The Hall–Kier alpha value is -3.39.